The summed E-state index contributed by atoms with van der Waals surface area (Å²) in [4.78, 5) is 0. The van der Waals surface area contributed by atoms with Gasteiger partial charge in [-0.2, -0.15) is 0 Å². The van der Waals surface area contributed by atoms with Crippen LogP contribution in [0.5, 0.6) is 17.2 Å². The normalized spacial score (nSPS) is 10.3. The van der Waals surface area contributed by atoms with Crippen molar-refractivity contribution in [2.24, 2.45) is 0 Å². The Kier molecular flexibility index (Phi) is 6.37. The number of para-hydroxylation sites is 1. The first-order chi connectivity index (χ1) is 10.7. The van der Waals surface area contributed by atoms with Gasteiger partial charge >= 0.3 is 0 Å². The van der Waals surface area contributed by atoms with Gasteiger partial charge in [-0.15, -0.1) is 0 Å². The summed E-state index contributed by atoms with van der Waals surface area (Å²) < 4.78 is 16.6. The molecule has 0 atom stereocenters. The zero-order valence-electron chi connectivity index (χ0n) is 12.8. The van der Waals surface area contributed by atoms with E-state index in [0.29, 0.717) is 36.3 Å². The van der Waals surface area contributed by atoms with Gasteiger partial charge in [-0.25, -0.2) is 0 Å². The second kappa shape index (κ2) is 8.51. The van der Waals surface area contributed by atoms with E-state index in [9.17, 15) is 0 Å². The molecule has 0 aliphatic heterocycles. The van der Waals surface area contributed by atoms with Crippen molar-refractivity contribution < 1.29 is 14.2 Å². The lowest BCUT2D eigenvalue weighted by Gasteiger charge is -2.14. The lowest BCUT2D eigenvalue weighted by atomic mass is 10.2. The predicted octanol–water partition coefficient (Wildman–Crippen LogP) is 3.53. The Labute approximate surface area is 136 Å². The maximum Gasteiger partial charge on any atom is 0.179 e. The molecule has 5 heteroatoms. The van der Waals surface area contributed by atoms with Crippen LogP contribution < -0.4 is 19.5 Å². The number of ether oxygens (including phenoxy) is 3. The van der Waals surface area contributed by atoms with Crippen LogP contribution in [0.3, 0.4) is 0 Å². The van der Waals surface area contributed by atoms with E-state index in [-0.39, 0.29) is 0 Å². The molecule has 0 aliphatic rings. The molecule has 0 aromatic heterocycles. The summed E-state index contributed by atoms with van der Waals surface area (Å²) in [5, 5.41) is 3.61. The summed E-state index contributed by atoms with van der Waals surface area (Å²) >= 11 is 6.27. The van der Waals surface area contributed by atoms with Crippen LogP contribution in [0, 0.1) is 0 Å². The Balaban J connectivity index is 1.94. The molecule has 0 unspecified atom stereocenters. The third-order valence-electron chi connectivity index (χ3n) is 3.01. The molecule has 1 N–H and O–H groups in total. The minimum absolute atomic E-state index is 0.385. The third-order valence-corrected chi connectivity index (χ3v) is 3.29. The Morgan fingerprint density at radius 2 is 1.77 bits per heavy atom. The van der Waals surface area contributed by atoms with Gasteiger partial charge in [-0.1, -0.05) is 29.8 Å². The summed E-state index contributed by atoms with van der Waals surface area (Å²) in [6.45, 7) is 1.53. The second-order valence-corrected chi connectivity index (χ2v) is 5.06. The molecule has 0 fully saturated rings. The number of methoxy groups -OCH3 is 1. The standard InChI is InChI=1S/C17H20ClNO3/c1-19-12-13-10-15(18)17(16(11-13)20-2)22-9-8-21-14-6-4-3-5-7-14/h3-7,10-11,19H,8-9,12H2,1-2H3. The quantitative estimate of drug-likeness (QED) is 0.755. The number of hydrogen-bond acceptors (Lipinski definition) is 4. The first-order valence-electron chi connectivity index (χ1n) is 7.06. The van der Waals surface area contributed by atoms with Crippen molar-refractivity contribution in [1.29, 1.82) is 0 Å². The van der Waals surface area contributed by atoms with Crippen LogP contribution >= 0.6 is 11.6 Å². The van der Waals surface area contributed by atoms with E-state index in [2.05, 4.69) is 5.32 Å². The topological polar surface area (TPSA) is 39.7 Å². The lowest BCUT2D eigenvalue weighted by Crippen LogP contribution is -2.10. The molecule has 0 saturated carbocycles. The number of benzene rings is 2. The van der Waals surface area contributed by atoms with Crippen LogP contribution in [-0.4, -0.2) is 27.4 Å². The van der Waals surface area contributed by atoms with Gasteiger partial charge < -0.3 is 19.5 Å². The zero-order valence-corrected chi connectivity index (χ0v) is 13.5. The van der Waals surface area contributed by atoms with E-state index >= 15 is 0 Å². The van der Waals surface area contributed by atoms with E-state index in [4.69, 9.17) is 25.8 Å². The van der Waals surface area contributed by atoms with Gasteiger partial charge in [0, 0.05) is 6.54 Å². The molecule has 2 aromatic carbocycles. The highest BCUT2D eigenvalue weighted by Crippen LogP contribution is 2.36. The van der Waals surface area contributed by atoms with E-state index in [0.717, 1.165) is 11.3 Å². The largest absolute Gasteiger partial charge is 0.493 e. The average Bonchev–Trinajstić information content (AvgIpc) is 2.54. The molecule has 0 aliphatic carbocycles. The van der Waals surface area contributed by atoms with Crippen molar-refractivity contribution in [3.8, 4) is 17.2 Å². The van der Waals surface area contributed by atoms with Gasteiger partial charge in [-0.05, 0) is 36.9 Å². The first kappa shape index (κ1) is 16.5. The van der Waals surface area contributed by atoms with Gasteiger partial charge in [0.1, 0.15) is 19.0 Å². The molecule has 118 valence electrons. The minimum Gasteiger partial charge on any atom is -0.493 e. The first-order valence-corrected chi connectivity index (χ1v) is 7.44. The molecule has 4 nitrogen and oxygen atoms in total. The molecule has 0 heterocycles. The summed E-state index contributed by atoms with van der Waals surface area (Å²) in [6.07, 6.45) is 0. The van der Waals surface area contributed by atoms with Crippen LogP contribution in [0.1, 0.15) is 5.56 Å². The lowest BCUT2D eigenvalue weighted by molar-refractivity contribution is 0.211. The van der Waals surface area contributed by atoms with Crippen molar-refractivity contribution >= 4 is 11.6 Å². The van der Waals surface area contributed by atoms with Crippen LogP contribution in [0.4, 0.5) is 0 Å². The van der Waals surface area contributed by atoms with E-state index in [1.807, 2.05) is 49.5 Å². The summed E-state index contributed by atoms with van der Waals surface area (Å²) in [7, 11) is 3.48. The molecular formula is C17H20ClNO3. The average molecular weight is 322 g/mol. The molecule has 0 saturated heterocycles. The van der Waals surface area contributed by atoms with E-state index < -0.39 is 0 Å². The SMILES string of the molecule is CNCc1cc(Cl)c(OCCOc2ccccc2)c(OC)c1. The maximum atomic E-state index is 6.27. The van der Waals surface area contributed by atoms with Crippen molar-refractivity contribution in [1.82, 2.24) is 5.32 Å². The van der Waals surface area contributed by atoms with Gasteiger partial charge in [0.25, 0.3) is 0 Å². The molecule has 0 radical (unpaired) electrons. The van der Waals surface area contributed by atoms with Crippen molar-refractivity contribution in [2.75, 3.05) is 27.4 Å². The smallest absolute Gasteiger partial charge is 0.179 e. The van der Waals surface area contributed by atoms with Crippen LogP contribution in [0.25, 0.3) is 0 Å². The number of nitrogens with one attached hydrogen (secondary N) is 1. The fraction of sp³-hybridized carbons (Fsp3) is 0.294. The van der Waals surface area contributed by atoms with Gasteiger partial charge in [-0.3, -0.25) is 0 Å². The fourth-order valence-corrected chi connectivity index (χ4v) is 2.33. The fourth-order valence-electron chi connectivity index (χ4n) is 2.04. The molecule has 2 rings (SSSR count). The van der Waals surface area contributed by atoms with E-state index in [1.54, 1.807) is 7.11 Å². The van der Waals surface area contributed by atoms with Crippen LogP contribution in [-0.2, 0) is 6.54 Å². The highest BCUT2D eigenvalue weighted by molar-refractivity contribution is 6.32. The third kappa shape index (κ3) is 4.55. The number of halogens is 1. The molecule has 2 aromatic rings. The van der Waals surface area contributed by atoms with Crippen molar-refractivity contribution in [2.45, 2.75) is 6.54 Å². The van der Waals surface area contributed by atoms with Gasteiger partial charge in [0.05, 0.1) is 12.1 Å². The van der Waals surface area contributed by atoms with E-state index in [1.165, 1.54) is 0 Å². The predicted molar refractivity (Wildman–Crippen MR) is 88.2 cm³/mol. The summed E-state index contributed by atoms with van der Waals surface area (Å²) in [6, 6.07) is 13.4. The summed E-state index contributed by atoms with van der Waals surface area (Å²) in [5.74, 6) is 1.98. The number of rotatable bonds is 8. The Morgan fingerprint density at radius 3 is 2.45 bits per heavy atom. The highest BCUT2D eigenvalue weighted by atomic mass is 35.5. The zero-order chi connectivity index (χ0) is 15.8. The monoisotopic (exact) mass is 321 g/mol. The van der Waals surface area contributed by atoms with Crippen molar-refractivity contribution in [3.63, 3.8) is 0 Å². The Morgan fingerprint density at radius 1 is 1.05 bits per heavy atom. The van der Waals surface area contributed by atoms with Crippen LogP contribution in [0.15, 0.2) is 42.5 Å². The molecule has 22 heavy (non-hydrogen) atoms. The second-order valence-electron chi connectivity index (χ2n) is 4.65. The molecule has 0 spiro atoms. The van der Waals surface area contributed by atoms with Crippen molar-refractivity contribution in [3.05, 3.63) is 53.1 Å². The molecular weight excluding hydrogens is 302 g/mol. The maximum absolute atomic E-state index is 6.27. The number of hydrogen-bond donors (Lipinski definition) is 1. The summed E-state index contributed by atoms with van der Waals surface area (Å²) in [5.41, 5.74) is 1.04. The molecule has 0 bridgehead atoms. The molecule has 0 amide bonds. The van der Waals surface area contributed by atoms with Crippen LogP contribution in [0.2, 0.25) is 5.02 Å². The van der Waals surface area contributed by atoms with Gasteiger partial charge in [0.15, 0.2) is 11.5 Å². The Hall–Kier alpha value is -1.91. The highest BCUT2D eigenvalue weighted by Gasteiger charge is 2.12. The minimum atomic E-state index is 0.385. The Bertz CT molecular complexity index is 590. The van der Waals surface area contributed by atoms with Gasteiger partial charge in [0.2, 0.25) is 0 Å².